The van der Waals surface area contributed by atoms with Gasteiger partial charge in [0.15, 0.2) is 10.3 Å². The first-order valence-corrected chi connectivity index (χ1v) is 5.56. The van der Waals surface area contributed by atoms with Crippen molar-refractivity contribution in [3.8, 4) is 0 Å². The fourth-order valence-corrected chi connectivity index (χ4v) is 2.02. The number of hydrogen-bond acceptors (Lipinski definition) is 7. The van der Waals surface area contributed by atoms with Crippen LogP contribution in [0.15, 0.2) is 27.4 Å². The van der Waals surface area contributed by atoms with Crippen LogP contribution in [0.5, 0.6) is 0 Å². The number of nitrogens with two attached hydrogens (primary N) is 2. The fraction of sp³-hybridized carbons (Fsp3) is 0. The highest BCUT2D eigenvalue weighted by molar-refractivity contribution is 7.99. The van der Waals surface area contributed by atoms with Crippen LogP contribution in [-0.4, -0.2) is 19.9 Å². The predicted octanol–water partition coefficient (Wildman–Crippen LogP) is 0.529. The molecule has 2 aromatic rings. The molecule has 0 aliphatic heterocycles. The summed E-state index contributed by atoms with van der Waals surface area (Å²) in [5, 5.41) is 0.837. The number of H-pyrrole nitrogens is 1. The Kier molecular flexibility index (Phi) is 3.16. The van der Waals surface area contributed by atoms with Gasteiger partial charge in [0.05, 0.1) is 0 Å². The third-order valence-electron chi connectivity index (χ3n) is 1.73. The van der Waals surface area contributed by atoms with Crippen LogP contribution < -0.4 is 17.0 Å². The van der Waals surface area contributed by atoms with E-state index >= 15 is 0 Å². The Bertz CT molecular complexity index is 615. The first-order chi connectivity index (χ1) is 8.06. The van der Waals surface area contributed by atoms with E-state index in [0.717, 1.165) is 11.8 Å². The molecule has 17 heavy (non-hydrogen) atoms. The van der Waals surface area contributed by atoms with Crippen molar-refractivity contribution in [3.05, 3.63) is 27.9 Å². The van der Waals surface area contributed by atoms with E-state index in [1.165, 1.54) is 12.4 Å². The van der Waals surface area contributed by atoms with E-state index < -0.39 is 0 Å². The standard InChI is InChI=1S/C8H7ClN6OS/c9-6-5(11)7(13-2-12-6)17-8-14-3(10)1-4(16)15-8/h1-2H,11H2,(H3,10,14,15,16). The van der Waals surface area contributed by atoms with Crippen molar-refractivity contribution in [2.45, 2.75) is 10.2 Å². The number of hydrogen-bond donors (Lipinski definition) is 3. The molecule has 0 aliphatic carbocycles. The number of nitrogen functional groups attached to an aromatic ring is 2. The molecule has 0 fully saturated rings. The Hall–Kier alpha value is -1.80. The van der Waals surface area contributed by atoms with Crippen LogP contribution in [0.3, 0.4) is 0 Å². The van der Waals surface area contributed by atoms with Crippen LogP contribution in [0.1, 0.15) is 0 Å². The van der Waals surface area contributed by atoms with Crippen molar-refractivity contribution in [1.82, 2.24) is 19.9 Å². The third-order valence-corrected chi connectivity index (χ3v) is 2.94. The molecule has 2 heterocycles. The topological polar surface area (TPSA) is 124 Å². The van der Waals surface area contributed by atoms with Crippen LogP contribution >= 0.6 is 23.4 Å². The molecule has 5 N–H and O–H groups in total. The van der Waals surface area contributed by atoms with Crippen molar-refractivity contribution >= 4 is 34.9 Å². The molecule has 0 radical (unpaired) electrons. The van der Waals surface area contributed by atoms with Gasteiger partial charge in [-0.3, -0.25) is 4.79 Å². The largest absolute Gasteiger partial charge is 0.394 e. The van der Waals surface area contributed by atoms with Gasteiger partial charge >= 0.3 is 0 Å². The number of anilines is 2. The molecule has 88 valence electrons. The van der Waals surface area contributed by atoms with E-state index in [0.29, 0.717) is 5.03 Å². The Morgan fingerprint density at radius 2 is 2.12 bits per heavy atom. The van der Waals surface area contributed by atoms with Crippen LogP contribution in [0, 0.1) is 0 Å². The van der Waals surface area contributed by atoms with Crippen LogP contribution in [0.2, 0.25) is 5.15 Å². The number of aromatic nitrogens is 4. The Morgan fingerprint density at radius 3 is 2.82 bits per heavy atom. The molecule has 0 spiro atoms. The van der Waals surface area contributed by atoms with E-state index in [9.17, 15) is 4.79 Å². The average molecular weight is 271 g/mol. The molecule has 0 atom stereocenters. The lowest BCUT2D eigenvalue weighted by Gasteiger charge is -2.04. The molecule has 9 heteroatoms. The zero-order valence-corrected chi connectivity index (χ0v) is 9.92. The van der Waals surface area contributed by atoms with Crippen LogP contribution in [-0.2, 0) is 0 Å². The van der Waals surface area contributed by atoms with Gasteiger partial charge in [0.1, 0.15) is 22.9 Å². The highest BCUT2D eigenvalue weighted by atomic mass is 35.5. The van der Waals surface area contributed by atoms with Crippen LogP contribution in [0.4, 0.5) is 11.5 Å². The molecule has 0 saturated carbocycles. The number of nitrogens with one attached hydrogen (secondary N) is 1. The van der Waals surface area contributed by atoms with E-state index in [4.69, 9.17) is 23.1 Å². The van der Waals surface area contributed by atoms with Gasteiger partial charge in [0.25, 0.3) is 5.56 Å². The van der Waals surface area contributed by atoms with Crippen molar-refractivity contribution in [2.24, 2.45) is 0 Å². The Labute approximate surface area is 105 Å². The lowest BCUT2D eigenvalue weighted by atomic mass is 10.6. The maximum atomic E-state index is 11.2. The lowest BCUT2D eigenvalue weighted by Crippen LogP contribution is -2.09. The lowest BCUT2D eigenvalue weighted by molar-refractivity contribution is 0.938. The van der Waals surface area contributed by atoms with Crippen molar-refractivity contribution in [3.63, 3.8) is 0 Å². The maximum Gasteiger partial charge on any atom is 0.253 e. The zero-order chi connectivity index (χ0) is 12.4. The molecule has 0 bridgehead atoms. The van der Waals surface area contributed by atoms with Gasteiger partial charge in [-0.2, -0.15) is 0 Å². The van der Waals surface area contributed by atoms with Crippen LogP contribution in [0.25, 0.3) is 0 Å². The van der Waals surface area contributed by atoms with E-state index in [1.54, 1.807) is 0 Å². The van der Waals surface area contributed by atoms with Crippen molar-refractivity contribution in [1.29, 1.82) is 0 Å². The summed E-state index contributed by atoms with van der Waals surface area (Å²) in [6.07, 6.45) is 1.27. The molecule has 2 aromatic heterocycles. The van der Waals surface area contributed by atoms with Gasteiger partial charge in [-0.25, -0.2) is 15.0 Å². The van der Waals surface area contributed by atoms with Gasteiger partial charge in [-0.05, 0) is 11.8 Å². The summed E-state index contributed by atoms with van der Waals surface area (Å²) >= 11 is 6.79. The second kappa shape index (κ2) is 4.60. The number of aromatic amines is 1. The minimum absolute atomic E-state index is 0.120. The zero-order valence-electron chi connectivity index (χ0n) is 8.35. The van der Waals surface area contributed by atoms with Gasteiger partial charge in [-0.1, -0.05) is 11.6 Å². The van der Waals surface area contributed by atoms with Gasteiger partial charge in [0, 0.05) is 6.07 Å². The van der Waals surface area contributed by atoms with Gasteiger partial charge in [0.2, 0.25) is 0 Å². The second-order valence-electron chi connectivity index (χ2n) is 2.96. The molecule has 7 nitrogen and oxygen atoms in total. The quantitative estimate of drug-likeness (QED) is 0.537. The minimum Gasteiger partial charge on any atom is -0.394 e. The maximum absolute atomic E-state index is 11.2. The Morgan fingerprint density at radius 1 is 1.35 bits per heavy atom. The minimum atomic E-state index is -0.348. The molecule has 0 unspecified atom stereocenters. The second-order valence-corrected chi connectivity index (χ2v) is 4.30. The van der Waals surface area contributed by atoms with Crippen molar-refractivity contribution < 1.29 is 0 Å². The van der Waals surface area contributed by atoms with E-state index in [1.807, 2.05) is 0 Å². The SMILES string of the molecule is Nc1cc(=O)[nH]c(Sc2ncnc(Cl)c2N)n1. The Balaban J connectivity index is 2.38. The molecule has 0 amide bonds. The molecule has 0 aliphatic rings. The highest BCUT2D eigenvalue weighted by Gasteiger charge is 2.09. The highest BCUT2D eigenvalue weighted by Crippen LogP contribution is 2.30. The smallest absolute Gasteiger partial charge is 0.253 e. The molecule has 2 rings (SSSR count). The molecular formula is C8H7ClN6OS. The summed E-state index contributed by atoms with van der Waals surface area (Å²) in [7, 11) is 0. The van der Waals surface area contributed by atoms with E-state index in [2.05, 4.69) is 19.9 Å². The predicted molar refractivity (Wildman–Crippen MR) is 64.8 cm³/mol. The monoisotopic (exact) mass is 270 g/mol. The normalized spacial score (nSPS) is 10.4. The first-order valence-electron chi connectivity index (χ1n) is 4.37. The first kappa shape index (κ1) is 11.7. The van der Waals surface area contributed by atoms with Crippen molar-refractivity contribution in [2.75, 3.05) is 11.5 Å². The number of halogens is 1. The average Bonchev–Trinajstić information content (AvgIpc) is 2.23. The van der Waals surface area contributed by atoms with E-state index in [-0.39, 0.29) is 27.4 Å². The number of rotatable bonds is 2. The summed E-state index contributed by atoms with van der Waals surface area (Å²) < 4.78 is 0. The fourth-order valence-electron chi connectivity index (χ4n) is 1.03. The molecule has 0 saturated heterocycles. The summed E-state index contributed by atoms with van der Waals surface area (Å²) in [5.41, 5.74) is 11.0. The van der Waals surface area contributed by atoms with Gasteiger partial charge in [-0.15, -0.1) is 0 Å². The number of nitrogens with zero attached hydrogens (tertiary/aromatic N) is 3. The molecule has 0 aromatic carbocycles. The summed E-state index contributed by atoms with van der Waals surface area (Å²) in [4.78, 5) is 25.2. The third kappa shape index (κ3) is 2.66. The summed E-state index contributed by atoms with van der Waals surface area (Å²) in [5.74, 6) is 0.120. The summed E-state index contributed by atoms with van der Waals surface area (Å²) in [6.45, 7) is 0. The molecular weight excluding hydrogens is 264 g/mol. The summed E-state index contributed by atoms with van der Waals surface area (Å²) in [6, 6.07) is 1.18. The van der Waals surface area contributed by atoms with Gasteiger partial charge < -0.3 is 16.5 Å².